The summed E-state index contributed by atoms with van der Waals surface area (Å²) in [7, 11) is 0. The zero-order valence-corrected chi connectivity index (χ0v) is 12.1. The standard InChI is InChI=1S/C14H20N4O3/c1-2-4-15-11-8-12(10-13(9-11)18(20)21)17-6-3-14(19)16-5-7-17/h8-10,15H,2-7H2,1H3,(H,16,19). The maximum absolute atomic E-state index is 11.4. The number of carbonyl (C=O) groups excluding carboxylic acids is 1. The first-order valence-electron chi connectivity index (χ1n) is 7.15. The number of nitro groups is 1. The highest BCUT2D eigenvalue weighted by molar-refractivity contribution is 5.77. The Balaban J connectivity index is 2.25. The van der Waals surface area contributed by atoms with Crippen LogP contribution in [0.25, 0.3) is 0 Å². The van der Waals surface area contributed by atoms with Crippen molar-refractivity contribution in [2.75, 3.05) is 36.4 Å². The maximum Gasteiger partial charge on any atom is 0.273 e. The Morgan fingerprint density at radius 2 is 2.19 bits per heavy atom. The predicted octanol–water partition coefficient (Wildman–Crippen LogP) is 1.74. The fourth-order valence-electron chi connectivity index (χ4n) is 2.28. The number of amides is 1. The van der Waals surface area contributed by atoms with Crippen molar-refractivity contribution in [3.8, 4) is 0 Å². The fraction of sp³-hybridized carbons (Fsp3) is 0.500. The van der Waals surface area contributed by atoms with Gasteiger partial charge in [0.05, 0.1) is 4.92 Å². The number of anilines is 2. The molecule has 21 heavy (non-hydrogen) atoms. The molecule has 1 aliphatic heterocycles. The van der Waals surface area contributed by atoms with E-state index in [0.29, 0.717) is 26.1 Å². The number of hydrogen-bond acceptors (Lipinski definition) is 5. The summed E-state index contributed by atoms with van der Waals surface area (Å²) in [6, 6.07) is 5.01. The average molecular weight is 292 g/mol. The van der Waals surface area contributed by atoms with Crippen molar-refractivity contribution in [2.45, 2.75) is 19.8 Å². The van der Waals surface area contributed by atoms with Gasteiger partial charge in [0.2, 0.25) is 5.91 Å². The molecule has 0 atom stereocenters. The molecule has 0 aromatic heterocycles. The van der Waals surface area contributed by atoms with Gasteiger partial charge < -0.3 is 15.5 Å². The number of hydrogen-bond donors (Lipinski definition) is 2. The molecule has 114 valence electrons. The van der Waals surface area contributed by atoms with Crippen LogP contribution < -0.4 is 15.5 Å². The maximum atomic E-state index is 11.4. The van der Waals surface area contributed by atoms with E-state index in [1.807, 2.05) is 17.9 Å². The summed E-state index contributed by atoms with van der Waals surface area (Å²) >= 11 is 0. The van der Waals surface area contributed by atoms with E-state index in [1.165, 1.54) is 0 Å². The van der Waals surface area contributed by atoms with Gasteiger partial charge in [0.15, 0.2) is 0 Å². The molecule has 1 heterocycles. The van der Waals surface area contributed by atoms with Crippen LogP contribution in [0, 0.1) is 10.1 Å². The Morgan fingerprint density at radius 1 is 1.38 bits per heavy atom. The summed E-state index contributed by atoms with van der Waals surface area (Å²) in [4.78, 5) is 24.1. The highest BCUT2D eigenvalue weighted by Gasteiger charge is 2.17. The van der Waals surface area contributed by atoms with E-state index in [1.54, 1.807) is 12.1 Å². The monoisotopic (exact) mass is 292 g/mol. The molecule has 0 bridgehead atoms. The van der Waals surface area contributed by atoms with Crippen LogP contribution in [0.3, 0.4) is 0 Å². The molecule has 2 N–H and O–H groups in total. The lowest BCUT2D eigenvalue weighted by Crippen LogP contribution is -2.28. The summed E-state index contributed by atoms with van der Waals surface area (Å²) in [5.74, 6) is 0.0206. The van der Waals surface area contributed by atoms with Gasteiger partial charge in [-0.1, -0.05) is 6.92 Å². The van der Waals surface area contributed by atoms with Gasteiger partial charge in [0.25, 0.3) is 5.69 Å². The van der Waals surface area contributed by atoms with Crippen LogP contribution in [-0.2, 0) is 4.79 Å². The third-order valence-electron chi connectivity index (χ3n) is 3.37. The van der Waals surface area contributed by atoms with E-state index in [4.69, 9.17) is 0 Å². The smallest absolute Gasteiger partial charge is 0.273 e. The molecule has 7 nitrogen and oxygen atoms in total. The van der Waals surface area contributed by atoms with E-state index >= 15 is 0 Å². The first-order chi connectivity index (χ1) is 10.1. The van der Waals surface area contributed by atoms with Crippen LogP contribution in [-0.4, -0.2) is 37.0 Å². The second-order valence-electron chi connectivity index (χ2n) is 5.01. The van der Waals surface area contributed by atoms with Crippen LogP contribution in [0.4, 0.5) is 17.1 Å². The van der Waals surface area contributed by atoms with Gasteiger partial charge >= 0.3 is 0 Å². The molecule has 0 aliphatic carbocycles. The van der Waals surface area contributed by atoms with Crippen LogP contribution >= 0.6 is 0 Å². The summed E-state index contributed by atoms with van der Waals surface area (Å²) in [6.07, 6.45) is 1.35. The number of nitrogens with zero attached hydrogens (tertiary/aromatic N) is 2. The summed E-state index contributed by atoms with van der Waals surface area (Å²) < 4.78 is 0. The van der Waals surface area contributed by atoms with Gasteiger partial charge in [0, 0.05) is 56.1 Å². The Labute approximate surface area is 123 Å². The quantitative estimate of drug-likeness (QED) is 0.637. The zero-order chi connectivity index (χ0) is 15.2. The molecule has 2 rings (SSSR count). The summed E-state index contributed by atoms with van der Waals surface area (Å²) in [5.41, 5.74) is 1.58. The first-order valence-corrected chi connectivity index (χ1v) is 7.15. The van der Waals surface area contributed by atoms with Crippen molar-refractivity contribution in [2.24, 2.45) is 0 Å². The van der Waals surface area contributed by atoms with Crippen molar-refractivity contribution in [3.05, 3.63) is 28.3 Å². The number of rotatable bonds is 5. The Hall–Kier alpha value is -2.31. The Kier molecular flexibility index (Phi) is 4.97. The molecule has 0 spiro atoms. The van der Waals surface area contributed by atoms with Crippen molar-refractivity contribution in [1.29, 1.82) is 0 Å². The lowest BCUT2D eigenvalue weighted by atomic mass is 10.2. The largest absolute Gasteiger partial charge is 0.385 e. The van der Waals surface area contributed by atoms with Gasteiger partial charge in [-0.3, -0.25) is 14.9 Å². The van der Waals surface area contributed by atoms with E-state index in [9.17, 15) is 14.9 Å². The molecule has 7 heteroatoms. The van der Waals surface area contributed by atoms with E-state index in [-0.39, 0.29) is 16.5 Å². The van der Waals surface area contributed by atoms with Crippen molar-refractivity contribution < 1.29 is 9.72 Å². The number of nitrogens with one attached hydrogen (secondary N) is 2. The van der Waals surface area contributed by atoms with Crippen LogP contribution in [0.2, 0.25) is 0 Å². The van der Waals surface area contributed by atoms with Gasteiger partial charge in [-0.2, -0.15) is 0 Å². The van der Waals surface area contributed by atoms with Crippen LogP contribution in [0.15, 0.2) is 18.2 Å². The lowest BCUT2D eigenvalue weighted by molar-refractivity contribution is -0.384. The number of non-ortho nitro benzene ring substituents is 1. The molecule has 1 aromatic rings. The molecular weight excluding hydrogens is 272 g/mol. The van der Waals surface area contributed by atoms with E-state index in [2.05, 4.69) is 10.6 Å². The molecule has 0 radical (unpaired) electrons. The minimum absolute atomic E-state index is 0.0206. The van der Waals surface area contributed by atoms with E-state index in [0.717, 1.165) is 24.3 Å². The molecule has 0 unspecified atom stereocenters. The SMILES string of the molecule is CCCNc1cc(N2CCNC(=O)CC2)cc([N+](=O)[O-])c1. The number of benzene rings is 1. The number of carbonyl (C=O) groups is 1. The van der Waals surface area contributed by atoms with Gasteiger partial charge in [-0.15, -0.1) is 0 Å². The Morgan fingerprint density at radius 3 is 2.90 bits per heavy atom. The summed E-state index contributed by atoms with van der Waals surface area (Å²) in [5, 5.41) is 17.1. The highest BCUT2D eigenvalue weighted by Crippen LogP contribution is 2.27. The topological polar surface area (TPSA) is 87.5 Å². The van der Waals surface area contributed by atoms with Crippen molar-refractivity contribution in [1.82, 2.24) is 5.32 Å². The first kappa shape index (κ1) is 15.1. The second kappa shape index (κ2) is 6.92. The second-order valence-corrected chi connectivity index (χ2v) is 5.01. The lowest BCUT2D eigenvalue weighted by Gasteiger charge is -2.22. The highest BCUT2D eigenvalue weighted by atomic mass is 16.6. The van der Waals surface area contributed by atoms with Crippen molar-refractivity contribution in [3.63, 3.8) is 0 Å². The average Bonchev–Trinajstić information content (AvgIpc) is 2.69. The molecule has 1 amide bonds. The number of nitro benzene ring substituents is 1. The Bertz CT molecular complexity index is 533. The van der Waals surface area contributed by atoms with Gasteiger partial charge in [0.1, 0.15) is 0 Å². The van der Waals surface area contributed by atoms with Gasteiger partial charge in [-0.05, 0) is 12.5 Å². The molecular formula is C14H20N4O3. The van der Waals surface area contributed by atoms with Gasteiger partial charge in [-0.25, -0.2) is 0 Å². The molecule has 1 aromatic carbocycles. The summed E-state index contributed by atoms with van der Waals surface area (Å²) in [6.45, 7) is 4.58. The fourth-order valence-corrected chi connectivity index (χ4v) is 2.28. The van der Waals surface area contributed by atoms with Crippen molar-refractivity contribution >= 4 is 23.0 Å². The normalized spacial score (nSPS) is 15.3. The zero-order valence-electron chi connectivity index (χ0n) is 12.1. The minimum atomic E-state index is -0.387. The molecule has 1 aliphatic rings. The minimum Gasteiger partial charge on any atom is -0.385 e. The van der Waals surface area contributed by atoms with E-state index < -0.39 is 0 Å². The third kappa shape index (κ3) is 4.08. The third-order valence-corrected chi connectivity index (χ3v) is 3.37. The van der Waals surface area contributed by atoms with Crippen LogP contribution in [0.5, 0.6) is 0 Å². The molecule has 1 fully saturated rings. The molecule has 1 saturated heterocycles. The van der Waals surface area contributed by atoms with Crippen LogP contribution in [0.1, 0.15) is 19.8 Å². The predicted molar refractivity (Wildman–Crippen MR) is 81.7 cm³/mol. The molecule has 0 saturated carbocycles.